The van der Waals surface area contributed by atoms with Gasteiger partial charge in [0.1, 0.15) is 29.2 Å². The zero-order chi connectivity index (χ0) is 60.9. The molecule has 0 spiro atoms. The number of aromatic nitrogens is 12. The monoisotopic (exact) mass is 1390 g/mol. The van der Waals surface area contributed by atoms with Crippen molar-refractivity contribution in [2.45, 2.75) is 101 Å². The van der Waals surface area contributed by atoms with E-state index in [2.05, 4.69) is 99.5 Å². The number of hydrogen-bond donors (Lipinski definition) is 5. The minimum atomic E-state index is -3.69. The molecule has 0 unspecified atom stereocenters. The van der Waals surface area contributed by atoms with Crippen molar-refractivity contribution >= 4 is 183 Å². The van der Waals surface area contributed by atoms with E-state index in [9.17, 15) is 19.6 Å². The Kier molecular flexibility index (Phi) is 26.0. The Bertz CT molecular complexity index is 4170. The van der Waals surface area contributed by atoms with Crippen LogP contribution < -0.4 is 68.0 Å². The van der Waals surface area contributed by atoms with Crippen LogP contribution in [-0.4, -0.2) is 70.7 Å². The van der Waals surface area contributed by atoms with Gasteiger partial charge in [-0.1, -0.05) is 67.6 Å². The van der Waals surface area contributed by atoms with Crippen LogP contribution in [0, 0.1) is 41.5 Å². The summed E-state index contributed by atoms with van der Waals surface area (Å²) in [6.45, 7) is 19.7. The van der Waals surface area contributed by atoms with Gasteiger partial charge in [-0.25, -0.2) is 24.9 Å². The number of H-pyrrole nitrogens is 1. The molecule has 0 saturated heterocycles. The second-order valence-corrected chi connectivity index (χ2v) is 42.4. The van der Waals surface area contributed by atoms with Gasteiger partial charge in [-0.3, -0.25) is 9.36 Å². The normalized spacial score (nSPS) is 12.0. The fourth-order valence-corrected chi connectivity index (χ4v) is 7.59. The van der Waals surface area contributed by atoms with Gasteiger partial charge in [-0.15, -0.1) is 15.3 Å². The topological polar surface area (TPSA) is 310 Å². The Hall–Kier alpha value is -3.29. The van der Waals surface area contributed by atoms with Crippen LogP contribution in [-0.2, 0) is 28.9 Å². The smallest absolute Gasteiger partial charge is 1.00 e. The first-order valence-electron chi connectivity index (χ1n) is 23.9. The fourth-order valence-electron chi connectivity index (χ4n) is 7.42. The number of nitrogens with two attached hydrogens (primary N) is 1. The number of nitrogens with one attached hydrogen (secondary N) is 2. The van der Waals surface area contributed by atoms with Gasteiger partial charge in [0.05, 0.1) is 50.8 Å². The molecule has 9 heterocycles. The van der Waals surface area contributed by atoms with E-state index in [1.54, 1.807) is 27.7 Å². The summed E-state index contributed by atoms with van der Waals surface area (Å²) >= 11 is 44.7. The number of aromatic amines is 1. The summed E-state index contributed by atoms with van der Waals surface area (Å²) in [7, 11) is 0. The third-order valence-electron chi connectivity index (χ3n) is 12.0. The second kappa shape index (κ2) is 29.8. The van der Waals surface area contributed by atoms with Gasteiger partial charge in [-0.05, 0) is 142 Å². The Morgan fingerprint density at radius 1 is 0.607 bits per heavy atom. The van der Waals surface area contributed by atoms with Gasteiger partial charge in [0.2, 0.25) is 22.7 Å². The van der Waals surface area contributed by atoms with Crippen LogP contribution in [0.2, 0.25) is 5.15 Å². The van der Waals surface area contributed by atoms with Crippen molar-refractivity contribution in [3.63, 3.8) is 0 Å². The zero-order valence-electron chi connectivity index (χ0n) is 47.0. The molecule has 11 aromatic rings. The summed E-state index contributed by atoms with van der Waals surface area (Å²) < 4.78 is 22.5. The van der Waals surface area contributed by atoms with Gasteiger partial charge >= 0.3 is 116 Å². The van der Waals surface area contributed by atoms with E-state index in [0.717, 1.165) is 77.7 Å². The van der Waals surface area contributed by atoms with E-state index in [0.29, 0.717) is 63.4 Å². The van der Waals surface area contributed by atoms with Gasteiger partial charge in [0.25, 0.3) is 5.56 Å². The molecule has 0 fully saturated rings. The number of aryl methyl sites for hydroxylation is 6. The minimum Gasteiger partial charge on any atom is -1.00 e. The maximum atomic E-state index is 11.5. The summed E-state index contributed by atoms with van der Waals surface area (Å²) in [6.07, 6.45) is 4.29. The molecule has 0 atom stereocenters. The van der Waals surface area contributed by atoms with E-state index < -0.39 is 19.8 Å². The van der Waals surface area contributed by atoms with Crippen LogP contribution in [0.15, 0.2) is 85.6 Å². The van der Waals surface area contributed by atoms with Crippen molar-refractivity contribution in [1.82, 2.24) is 60.5 Å². The number of furan rings is 3. The third kappa shape index (κ3) is 20.4. The number of anilines is 1. The van der Waals surface area contributed by atoms with Crippen molar-refractivity contribution in [2.75, 3.05) is 5.32 Å². The molecule has 6 N–H and O–H groups in total. The maximum Gasteiger partial charge on any atom is 1.00 e. The number of benzene rings is 2. The largest absolute Gasteiger partial charge is 1.00 e. The standard InChI is InChI=1S/C20H21N5O2.C10H7ClN4O.C10H8N4O2.C10H15NO.CH4.Cl5P.Cl3OP.K.H/c1-11-12(2)24-25-19-15(11)16-17(27-19)18(23-10-22-16)21-9-13-5-7-14(8-6-13)20(3,4)26;1-4-5(2)14-15-10-6(4)7-8(16-10)9(11)13-3-12-7;1-4-5(2)13-14-10-6(4)7-8(16-10)9(15)12-3-11-7;1-10(2,12)9-5-3-8(7-11)4-6-9;;1-6(2,3,4)5;1-5(2,3)4;;/h5-8,10,26H,9H2,1-4H3,(H,21,22,23);3H,1-2H3;3H,1-2H3,(H,11,12,15);3-6,12H,7,11H2,1-2H3;1H4;;;;/q;;;;;;;+1;-1. The van der Waals surface area contributed by atoms with Crippen molar-refractivity contribution in [3.05, 3.63) is 139 Å². The molecule has 21 nitrogen and oxygen atoms in total. The molecular weight excluding hydrogens is 1340 g/mol. The van der Waals surface area contributed by atoms with Crippen molar-refractivity contribution in [3.8, 4) is 0 Å². The van der Waals surface area contributed by atoms with E-state index in [4.69, 9.17) is 86.8 Å². The van der Waals surface area contributed by atoms with E-state index in [-0.39, 0.29) is 71.4 Å². The van der Waals surface area contributed by atoms with Gasteiger partial charge in [0, 0.05) is 13.1 Å². The second-order valence-electron chi connectivity index (χ2n) is 18.8. The van der Waals surface area contributed by atoms with Crippen LogP contribution >= 0.6 is 110 Å². The van der Waals surface area contributed by atoms with Crippen molar-refractivity contribution < 1.29 is 80.8 Å². The van der Waals surface area contributed by atoms with E-state index in [1.165, 1.54) is 19.0 Å². The van der Waals surface area contributed by atoms with Crippen LogP contribution in [0.3, 0.4) is 0 Å². The summed E-state index contributed by atoms with van der Waals surface area (Å²) in [5, 5.41) is 46.6. The maximum absolute atomic E-state index is 11.5. The zero-order valence-corrected chi connectivity index (χ0v) is 57.7. The molecule has 0 aliphatic rings. The molecule has 0 aliphatic carbocycles. The van der Waals surface area contributed by atoms with Crippen LogP contribution in [0.25, 0.3) is 66.6 Å². The fraction of sp³-hybridized carbons (Fsp3) is 0.294. The number of nitrogens with zero attached hydrogens (tertiary/aromatic N) is 11. The molecule has 0 radical (unpaired) electrons. The van der Waals surface area contributed by atoms with Gasteiger partial charge in [-0.2, -0.15) is 15.3 Å². The number of halogens is 9. The number of hydrogen-bond acceptors (Lipinski definition) is 20. The molecule has 0 aliphatic heterocycles. The summed E-state index contributed by atoms with van der Waals surface area (Å²) in [5.74, 6) is 0.613. The predicted molar refractivity (Wildman–Crippen MR) is 339 cm³/mol. The molecule has 84 heavy (non-hydrogen) atoms. The molecule has 2 aromatic carbocycles. The van der Waals surface area contributed by atoms with Gasteiger partial charge < -0.3 is 40.9 Å². The first-order chi connectivity index (χ1) is 38.0. The number of fused-ring (bicyclic) bond motifs is 9. The first-order valence-corrected chi connectivity index (χ1v) is 35.4. The third-order valence-corrected chi connectivity index (χ3v) is 12.2. The van der Waals surface area contributed by atoms with Crippen LogP contribution in [0.4, 0.5) is 5.82 Å². The molecule has 11 rings (SSSR count). The van der Waals surface area contributed by atoms with Crippen LogP contribution in [0.5, 0.6) is 0 Å². The SMILES string of the molecule is C.CC(C)(O)c1ccc(CN)cc1.Cc1nnc2oc3c(=O)[nH]cnc3c2c1C.Cc1nnc2oc3c(Cl)ncnc3c2c1C.Cc1nnc2oc3c(NCc4ccc(C(C)(C)O)cc4)ncnc3c2c1C.ClP(Cl)(Cl)(Cl)Cl.O=P(Cl)(Cl)Cl.[H-].[K+]. The molecule has 0 amide bonds. The average Bonchev–Trinajstić information content (AvgIpc) is 2.51. The Labute approximate surface area is 568 Å². The molecule has 0 saturated carbocycles. The predicted octanol–water partition coefficient (Wildman–Crippen LogP) is 13.4. The first kappa shape index (κ1) is 73.2. The van der Waals surface area contributed by atoms with E-state index >= 15 is 0 Å². The molecule has 9 aromatic heterocycles. The Balaban J connectivity index is 0.000000286. The average molecular weight is 1400 g/mol. The molecular formula is C51H56Cl9KN14O7P2. The number of aliphatic hydroxyl groups is 2. The molecule has 0 bridgehead atoms. The van der Waals surface area contributed by atoms with E-state index in [1.807, 2.05) is 90.1 Å². The summed E-state index contributed by atoms with van der Waals surface area (Å²) in [4.78, 5) is 34.8. The summed E-state index contributed by atoms with van der Waals surface area (Å²) in [6, 6.07) is 15.5. The molecule has 33 heteroatoms. The summed E-state index contributed by atoms with van der Waals surface area (Å²) in [5.41, 5.74) is 17.4. The number of rotatable bonds is 6. The van der Waals surface area contributed by atoms with Crippen LogP contribution in [0.1, 0.15) is 92.6 Å². The molecule has 446 valence electrons. The van der Waals surface area contributed by atoms with Crippen molar-refractivity contribution in [2.24, 2.45) is 5.73 Å². The van der Waals surface area contributed by atoms with Crippen molar-refractivity contribution in [1.29, 1.82) is 0 Å². The Morgan fingerprint density at radius 2 is 0.964 bits per heavy atom. The quantitative estimate of drug-likeness (QED) is 0.0587. The minimum absolute atomic E-state index is 0. The van der Waals surface area contributed by atoms with Gasteiger partial charge in [0.15, 0.2) is 22.1 Å². The Morgan fingerprint density at radius 3 is 1.37 bits per heavy atom.